The molecule has 0 radical (unpaired) electrons. The van der Waals surface area contributed by atoms with Gasteiger partial charge < -0.3 is 14.5 Å². The molecule has 0 saturated heterocycles. The van der Waals surface area contributed by atoms with E-state index < -0.39 is 29.7 Å². The normalized spacial score (nSPS) is 12.4. The standard InChI is InChI=1S/C20H19F3N4O4S/c1-3-27-17(15-8-5-9-30-15)25-26-19(27)32-11-16(28)31-12(2)18(29)24-14-7-4-6-13(10-14)20(21,22)23/h4-10,12H,3,11H2,1-2H3,(H,24,29). The number of halogens is 3. The van der Waals surface area contributed by atoms with Crippen LogP contribution in [-0.4, -0.2) is 38.5 Å². The first-order valence-corrected chi connectivity index (χ1v) is 10.4. The van der Waals surface area contributed by atoms with E-state index >= 15 is 0 Å². The van der Waals surface area contributed by atoms with Crippen molar-refractivity contribution in [3.05, 3.63) is 48.2 Å². The second kappa shape index (κ2) is 9.90. The van der Waals surface area contributed by atoms with Gasteiger partial charge in [-0.3, -0.25) is 14.2 Å². The second-order valence-corrected chi connectivity index (χ2v) is 7.46. The molecule has 1 atom stereocenters. The number of hydrogen-bond donors (Lipinski definition) is 1. The molecule has 0 saturated carbocycles. The third-order valence-electron chi connectivity index (χ3n) is 4.23. The number of rotatable bonds is 8. The number of carbonyl (C=O) groups is 2. The summed E-state index contributed by atoms with van der Waals surface area (Å²) in [5.41, 5.74) is -0.950. The number of alkyl halides is 3. The van der Waals surface area contributed by atoms with E-state index in [9.17, 15) is 22.8 Å². The lowest BCUT2D eigenvalue weighted by molar-refractivity contribution is -0.150. The zero-order chi connectivity index (χ0) is 23.3. The van der Waals surface area contributed by atoms with Crippen molar-refractivity contribution < 1.29 is 31.9 Å². The van der Waals surface area contributed by atoms with Crippen LogP contribution < -0.4 is 5.32 Å². The second-order valence-electron chi connectivity index (χ2n) is 6.52. The molecule has 0 fully saturated rings. The Bertz CT molecular complexity index is 1080. The fraction of sp³-hybridized carbons (Fsp3) is 0.300. The number of nitrogens with zero attached hydrogens (tertiary/aromatic N) is 3. The third kappa shape index (κ3) is 5.69. The van der Waals surface area contributed by atoms with E-state index in [2.05, 4.69) is 15.5 Å². The first-order valence-electron chi connectivity index (χ1n) is 9.46. The van der Waals surface area contributed by atoms with Gasteiger partial charge in [0.25, 0.3) is 5.91 Å². The predicted molar refractivity (Wildman–Crippen MR) is 110 cm³/mol. The first-order chi connectivity index (χ1) is 15.2. The molecule has 0 aliphatic carbocycles. The van der Waals surface area contributed by atoms with Crippen LogP contribution in [0.3, 0.4) is 0 Å². The van der Waals surface area contributed by atoms with E-state index in [1.165, 1.54) is 25.3 Å². The number of benzene rings is 1. The zero-order valence-corrected chi connectivity index (χ0v) is 17.9. The lowest BCUT2D eigenvalue weighted by atomic mass is 10.2. The number of carbonyl (C=O) groups excluding carboxylic acids is 2. The maximum absolute atomic E-state index is 12.8. The molecule has 3 aromatic rings. The molecule has 1 unspecified atom stereocenters. The molecule has 8 nitrogen and oxygen atoms in total. The predicted octanol–water partition coefficient (Wildman–Crippen LogP) is 4.24. The van der Waals surface area contributed by atoms with Crippen LogP contribution in [0.15, 0.2) is 52.2 Å². The van der Waals surface area contributed by atoms with Gasteiger partial charge in [-0.2, -0.15) is 13.2 Å². The Balaban J connectivity index is 1.55. The maximum Gasteiger partial charge on any atom is 0.416 e. The smallest absolute Gasteiger partial charge is 0.416 e. The quantitative estimate of drug-likeness (QED) is 0.390. The Morgan fingerprint density at radius 2 is 2.03 bits per heavy atom. The SMILES string of the molecule is CCn1c(SCC(=O)OC(C)C(=O)Nc2cccc(C(F)(F)F)c2)nnc1-c1ccco1. The average Bonchev–Trinajstić information content (AvgIpc) is 3.41. The van der Waals surface area contributed by atoms with E-state index in [0.29, 0.717) is 23.3 Å². The van der Waals surface area contributed by atoms with Gasteiger partial charge in [-0.1, -0.05) is 17.8 Å². The minimum atomic E-state index is -4.54. The number of amides is 1. The highest BCUT2D eigenvalue weighted by atomic mass is 32.2. The largest absolute Gasteiger partial charge is 0.461 e. The summed E-state index contributed by atoms with van der Waals surface area (Å²) in [5.74, 6) is -0.528. The summed E-state index contributed by atoms with van der Waals surface area (Å²) in [4.78, 5) is 24.4. The van der Waals surface area contributed by atoms with E-state index in [1.54, 1.807) is 16.7 Å². The minimum absolute atomic E-state index is 0.0522. The number of aromatic nitrogens is 3. The molecule has 1 amide bonds. The van der Waals surface area contributed by atoms with E-state index in [-0.39, 0.29) is 11.4 Å². The van der Waals surface area contributed by atoms with Crippen molar-refractivity contribution in [2.45, 2.75) is 37.8 Å². The van der Waals surface area contributed by atoms with E-state index in [0.717, 1.165) is 23.9 Å². The summed E-state index contributed by atoms with van der Waals surface area (Å²) in [6.45, 7) is 3.75. The van der Waals surface area contributed by atoms with Crippen molar-refractivity contribution >= 4 is 29.3 Å². The van der Waals surface area contributed by atoms with Gasteiger partial charge in [0.15, 0.2) is 22.8 Å². The van der Waals surface area contributed by atoms with Gasteiger partial charge in [0.05, 0.1) is 17.6 Å². The van der Waals surface area contributed by atoms with Gasteiger partial charge in [0.2, 0.25) is 0 Å². The average molecular weight is 468 g/mol. The van der Waals surface area contributed by atoms with Crippen LogP contribution in [0.25, 0.3) is 11.6 Å². The summed E-state index contributed by atoms with van der Waals surface area (Å²) >= 11 is 1.08. The van der Waals surface area contributed by atoms with Gasteiger partial charge in [0, 0.05) is 12.2 Å². The molecule has 2 aromatic heterocycles. The van der Waals surface area contributed by atoms with Crippen LogP contribution in [0.4, 0.5) is 18.9 Å². The van der Waals surface area contributed by atoms with Crippen LogP contribution in [0, 0.1) is 0 Å². The molecule has 0 bridgehead atoms. The van der Waals surface area contributed by atoms with Crippen molar-refractivity contribution in [3.63, 3.8) is 0 Å². The van der Waals surface area contributed by atoms with Gasteiger partial charge in [-0.05, 0) is 44.2 Å². The molecule has 2 heterocycles. The molecule has 170 valence electrons. The molecule has 32 heavy (non-hydrogen) atoms. The highest BCUT2D eigenvalue weighted by molar-refractivity contribution is 7.99. The molecule has 0 aliphatic heterocycles. The summed E-state index contributed by atoms with van der Waals surface area (Å²) in [6.07, 6.45) is -4.23. The minimum Gasteiger partial charge on any atom is -0.461 e. The zero-order valence-electron chi connectivity index (χ0n) is 17.0. The fourth-order valence-electron chi connectivity index (χ4n) is 2.69. The van der Waals surface area contributed by atoms with Crippen LogP contribution in [0.5, 0.6) is 0 Å². The summed E-state index contributed by atoms with van der Waals surface area (Å²) in [5, 5.41) is 10.9. The van der Waals surface area contributed by atoms with Crippen LogP contribution in [0.2, 0.25) is 0 Å². The Labute approximate surface area is 185 Å². The number of hydrogen-bond acceptors (Lipinski definition) is 7. The van der Waals surface area contributed by atoms with Crippen LogP contribution in [0.1, 0.15) is 19.4 Å². The third-order valence-corrected chi connectivity index (χ3v) is 5.17. The van der Waals surface area contributed by atoms with E-state index in [4.69, 9.17) is 9.15 Å². The number of nitrogens with one attached hydrogen (secondary N) is 1. The van der Waals surface area contributed by atoms with Crippen molar-refractivity contribution in [2.75, 3.05) is 11.1 Å². The molecule has 1 aromatic carbocycles. The summed E-state index contributed by atoms with van der Waals surface area (Å²) < 4.78 is 50.6. The maximum atomic E-state index is 12.8. The van der Waals surface area contributed by atoms with Crippen LogP contribution in [-0.2, 0) is 27.0 Å². The number of furan rings is 1. The first kappa shape index (κ1) is 23.4. The Hall–Kier alpha value is -3.28. The van der Waals surface area contributed by atoms with Crippen molar-refractivity contribution in [3.8, 4) is 11.6 Å². The van der Waals surface area contributed by atoms with Gasteiger partial charge in [-0.25, -0.2) is 0 Å². The molecule has 0 spiro atoms. The fourth-order valence-corrected chi connectivity index (χ4v) is 3.48. The lowest BCUT2D eigenvalue weighted by Gasteiger charge is -2.14. The molecule has 0 aliphatic rings. The highest BCUT2D eigenvalue weighted by Gasteiger charge is 2.30. The van der Waals surface area contributed by atoms with Crippen molar-refractivity contribution in [1.82, 2.24) is 14.8 Å². The van der Waals surface area contributed by atoms with Gasteiger partial charge in [-0.15, -0.1) is 10.2 Å². The Morgan fingerprint density at radius 1 is 1.25 bits per heavy atom. The monoisotopic (exact) mass is 468 g/mol. The Morgan fingerprint density at radius 3 is 2.69 bits per heavy atom. The highest BCUT2D eigenvalue weighted by Crippen LogP contribution is 2.30. The molecular formula is C20H19F3N4O4S. The summed E-state index contributed by atoms with van der Waals surface area (Å²) in [6, 6.07) is 7.64. The van der Waals surface area contributed by atoms with Crippen molar-refractivity contribution in [2.24, 2.45) is 0 Å². The van der Waals surface area contributed by atoms with E-state index in [1.807, 2.05) is 6.92 Å². The summed E-state index contributed by atoms with van der Waals surface area (Å²) in [7, 11) is 0. The molecule has 3 rings (SSSR count). The van der Waals surface area contributed by atoms with Gasteiger partial charge in [0.1, 0.15) is 0 Å². The molecular weight excluding hydrogens is 449 g/mol. The Kier molecular flexibility index (Phi) is 7.23. The number of ether oxygens (including phenoxy) is 1. The number of esters is 1. The molecule has 12 heteroatoms. The van der Waals surface area contributed by atoms with Gasteiger partial charge >= 0.3 is 12.1 Å². The van der Waals surface area contributed by atoms with Crippen LogP contribution >= 0.6 is 11.8 Å². The molecule has 1 N–H and O–H groups in total. The number of anilines is 1. The lowest BCUT2D eigenvalue weighted by Crippen LogP contribution is -2.30. The number of thioether (sulfide) groups is 1. The van der Waals surface area contributed by atoms with Crippen molar-refractivity contribution in [1.29, 1.82) is 0 Å². The topological polar surface area (TPSA) is 99.2 Å².